The summed E-state index contributed by atoms with van der Waals surface area (Å²) in [5.41, 5.74) is 1.87. The molecule has 1 unspecified atom stereocenters. The molecule has 0 aliphatic rings. The molecule has 0 saturated carbocycles. The molecule has 0 aliphatic heterocycles. The molecule has 0 bridgehead atoms. The van der Waals surface area contributed by atoms with Gasteiger partial charge in [0.05, 0.1) is 0 Å². The van der Waals surface area contributed by atoms with Gasteiger partial charge >= 0.3 is 0 Å². The first kappa shape index (κ1) is 11.9. The van der Waals surface area contributed by atoms with E-state index >= 15 is 0 Å². The van der Waals surface area contributed by atoms with E-state index in [0.717, 1.165) is 16.5 Å². The Morgan fingerprint density at radius 2 is 2.24 bits per heavy atom. The Hall–Kier alpha value is -1.61. The van der Waals surface area contributed by atoms with Crippen LogP contribution in [-0.4, -0.2) is 19.4 Å². The molecule has 1 aromatic carbocycles. The zero-order valence-corrected chi connectivity index (χ0v) is 10.4. The molecular weight excluding hydrogens is 214 g/mol. The van der Waals surface area contributed by atoms with Crippen molar-refractivity contribution in [1.82, 2.24) is 5.32 Å². The lowest BCUT2D eigenvalue weighted by Gasteiger charge is -2.06. The highest BCUT2D eigenvalue weighted by atomic mass is 16.3. The Bertz CT molecular complexity index is 542. The first-order valence-corrected chi connectivity index (χ1v) is 5.81. The van der Waals surface area contributed by atoms with Crippen LogP contribution in [0.4, 0.5) is 0 Å². The van der Waals surface area contributed by atoms with Gasteiger partial charge in [-0.1, -0.05) is 25.1 Å². The minimum atomic E-state index is -0.0686. The zero-order chi connectivity index (χ0) is 12.4. The molecule has 1 heterocycles. The number of benzene rings is 1. The van der Waals surface area contributed by atoms with Crippen LogP contribution in [0.5, 0.6) is 0 Å². The molecule has 17 heavy (non-hydrogen) atoms. The van der Waals surface area contributed by atoms with E-state index in [0.29, 0.717) is 12.3 Å². The van der Waals surface area contributed by atoms with Crippen molar-refractivity contribution < 1.29 is 9.21 Å². The summed E-state index contributed by atoms with van der Waals surface area (Å²) in [4.78, 5) is 12.1. The number of furan rings is 1. The number of aryl methyl sites for hydroxylation is 1. The summed E-state index contributed by atoms with van der Waals surface area (Å²) in [5, 5.41) is 3.99. The third-order valence-electron chi connectivity index (χ3n) is 2.94. The summed E-state index contributed by atoms with van der Waals surface area (Å²) >= 11 is 0. The van der Waals surface area contributed by atoms with E-state index in [1.807, 2.05) is 45.2 Å². The van der Waals surface area contributed by atoms with Crippen LogP contribution in [0, 0.1) is 12.8 Å². The number of rotatable bonds is 4. The van der Waals surface area contributed by atoms with Crippen molar-refractivity contribution in [3.63, 3.8) is 0 Å². The van der Waals surface area contributed by atoms with Gasteiger partial charge in [-0.15, -0.1) is 0 Å². The van der Waals surface area contributed by atoms with Gasteiger partial charge in [0.1, 0.15) is 5.58 Å². The fourth-order valence-corrected chi connectivity index (χ4v) is 1.97. The highest BCUT2D eigenvalue weighted by molar-refractivity contribution is 5.99. The van der Waals surface area contributed by atoms with Gasteiger partial charge < -0.3 is 9.73 Å². The SMILES string of the molecule is CNCC(C)C(=O)c1cc2cccc(C)c2o1. The third-order valence-corrected chi connectivity index (χ3v) is 2.94. The molecule has 1 atom stereocenters. The Kier molecular flexibility index (Phi) is 3.29. The largest absolute Gasteiger partial charge is 0.453 e. The molecule has 90 valence electrons. The Balaban J connectivity index is 2.37. The molecule has 0 fully saturated rings. The van der Waals surface area contributed by atoms with Gasteiger partial charge in [-0.3, -0.25) is 4.79 Å². The van der Waals surface area contributed by atoms with Crippen LogP contribution < -0.4 is 5.32 Å². The van der Waals surface area contributed by atoms with Crippen LogP contribution in [0.15, 0.2) is 28.7 Å². The van der Waals surface area contributed by atoms with Crippen LogP contribution in [0.3, 0.4) is 0 Å². The molecule has 0 amide bonds. The number of carbonyl (C=O) groups is 1. The van der Waals surface area contributed by atoms with Crippen LogP contribution in [0.1, 0.15) is 23.0 Å². The van der Waals surface area contributed by atoms with E-state index in [-0.39, 0.29) is 11.7 Å². The molecule has 1 aromatic heterocycles. The van der Waals surface area contributed by atoms with Gasteiger partial charge in [0.2, 0.25) is 5.78 Å². The maximum Gasteiger partial charge on any atom is 0.202 e. The Morgan fingerprint density at radius 3 is 2.88 bits per heavy atom. The smallest absolute Gasteiger partial charge is 0.202 e. The quantitative estimate of drug-likeness (QED) is 0.823. The Labute approximate surface area is 101 Å². The molecule has 3 heteroatoms. The fraction of sp³-hybridized carbons (Fsp3) is 0.357. The number of carbonyl (C=O) groups excluding carboxylic acids is 1. The summed E-state index contributed by atoms with van der Waals surface area (Å²) < 4.78 is 5.65. The predicted octanol–water partition coefficient (Wildman–Crippen LogP) is 2.78. The minimum absolute atomic E-state index is 0.0509. The fourth-order valence-electron chi connectivity index (χ4n) is 1.97. The maximum absolute atomic E-state index is 12.1. The van der Waals surface area contributed by atoms with E-state index in [2.05, 4.69) is 5.32 Å². The van der Waals surface area contributed by atoms with Crippen LogP contribution >= 0.6 is 0 Å². The van der Waals surface area contributed by atoms with E-state index in [1.54, 1.807) is 0 Å². The number of nitrogens with one attached hydrogen (secondary N) is 1. The Morgan fingerprint density at radius 1 is 1.47 bits per heavy atom. The molecule has 2 rings (SSSR count). The van der Waals surface area contributed by atoms with Gasteiger partial charge in [0.25, 0.3) is 0 Å². The lowest BCUT2D eigenvalue weighted by Crippen LogP contribution is -2.23. The monoisotopic (exact) mass is 231 g/mol. The summed E-state index contributed by atoms with van der Waals surface area (Å²) in [6.45, 7) is 4.55. The third kappa shape index (κ3) is 2.24. The zero-order valence-electron chi connectivity index (χ0n) is 10.4. The number of para-hydroxylation sites is 1. The van der Waals surface area contributed by atoms with E-state index in [4.69, 9.17) is 4.42 Å². The minimum Gasteiger partial charge on any atom is -0.453 e. The molecule has 1 N–H and O–H groups in total. The van der Waals surface area contributed by atoms with Crippen molar-refractivity contribution >= 4 is 16.8 Å². The number of fused-ring (bicyclic) bond motifs is 1. The molecule has 2 aromatic rings. The highest BCUT2D eigenvalue weighted by Crippen LogP contribution is 2.24. The lowest BCUT2D eigenvalue weighted by molar-refractivity contribution is 0.0904. The molecule has 0 radical (unpaired) electrons. The van der Waals surface area contributed by atoms with E-state index in [9.17, 15) is 4.79 Å². The van der Waals surface area contributed by atoms with Crippen LogP contribution in [-0.2, 0) is 0 Å². The maximum atomic E-state index is 12.1. The average molecular weight is 231 g/mol. The number of ketones is 1. The number of hydrogen-bond acceptors (Lipinski definition) is 3. The summed E-state index contributed by atoms with van der Waals surface area (Å²) in [6.07, 6.45) is 0. The second-order valence-electron chi connectivity index (χ2n) is 4.43. The standard InChI is InChI=1S/C14H17NO2/c1-9-5-4-6-11-7-12(17-14(9)11)13(16)10(2)8-15-3/h4-7,10,15H,8H2,1-3H3. The lowest BCUT2D eigenvalue weighted by atomic mass is 10.0. The van der Waals surface area contributed by atoms with Crippen molar-refractivity contribution in [3.05, 3.63) is 35.6 Å². The first-order chi connectivity index (χ1) is 8.13. The van der Waals surface area contributed by atoms with E-state index in [1.165, 1.54) is 0 Å². The summed E-state index contributed by atoms with van der Waals surface area (Å²) in [6, 6.07) is 7.75. The van der Waals surface area contributed by atoms with Gasteiger partial charge in [-0.2, -0.15) is 0 Å². The van der Waals surface area contributed by atoms with Crippen LogP contribution in [0.25, 0.3) is 11.0 Å². The van der Waals surface area contributed by atoms with Crippen molar-refractivity contribution in [1.29, 1.82) is 0 Å². The van der Waals surface area contributed by atoms with Gasteiger partial charge in [0, 0.05) is 17.8 Å². The van der Waals surface area contributed by atoms with Gasteiger partial charge in [-0.05, 0) is 25.6 Å². The van der Waals surface area contributed by atoms with Gasteiger partial charge in [-0.25, -0.2) is 0 Å². The molecule has 0 spiro atoms. The molecule has 3 nitrogen and oxygen atoms in total. The number of Topliss-reactive ketones (excluding diaryl/α,β-unsaturated/α-hetero) is 1. The normalized spacial score (nSPS) is 12.9. The molecule has 0 saturated heterocycles. The highest BCUT2D eigenvalue weighted by Gasteiger charge is 2.19. The second-order valence-corrected chi connectivity index (χ2v) is 4.43. The van der Waals surface area contributed by atoms with Crippen molar-refractivity contribution in [2.45, 2.75) is 13.8 Å². The van der Waals surface area contributed by atoms with Crippen molar-refractivity contribution in [3.8, 4) is 0 Å². The predicted molar refractivity (Wildman–Crippen MR) is 68.4 cm³/mol. The topological polar surface area (TPSA) is 42.2 Å². The average Bonchev–Trinajstić information content (AvgIpc) is 2.73. The second kappa shape index (κ2) is 4.72. The van der Waals surface area contributed by atoms with E-state index < -0.39 is 0 Å². The van der Waals surface area contributed by atoms with Crippen molar-refractivity contribution in [2.24, 2.45) is 5.92 Å². The van der Waals surface area contributed by atoms with Gasteiger partial charge in [0.15, 0.2) is 5.76 Å². The molecule has 0 aliphatic carbocycles. The first-order valence-electron chi connectivity index (χ1n) is 5.81. The van der Waals surface area contributed by atoms with Crippen molar-refractivity contribution in [2.75, 3.05) is 13.6 Å². The number of hydrogen-bond donors (Lipinski definition) is 1. The molecular formula is C14H17NO2. The van der Waals surface area contributed by atoms with Crippen LogP contribution in [0.2, 0.25) is 0 Å². The summed E-state index contributed by atoms with van der Waals surface area (Å²) in [5.74, 6) is 0.438. The summed E-state index contributed by atoms with van der Waals surface area (Å²) in [7, 11) is 1.84.